The number of carbonyl (C=O) groups is 1. The number of rotatable bonds is 8. The van der Waals surface area contributed by atoms with E-state index in [9.17, 15) is 9.59 Å². The van der Waals surface area contributed by atoms with Crippen LogP contribution in [0.25, 0.3) is 10.9 Å². The number of carbonyl (C=O) groups excluding carboxylic acids is 1. The molecular formula is C23H24N4O3. The quantitative estimate of drug-likeness (QED) is 0.574. The third-order valence-electron chi connectivity index (χ3n) is 4.83. The van der Waals surface area contributed by atoms with Gasteiger partial charge in [-0.15, -0.1) is 0 Å². The molecule has 1 heterocycles. The van der Waals surface area contributed by atoms with E-state index in [-0.39, 0.29) is 37.4 Å². The molecule has 7 nitrogen and oxygen atoms in total. The SMILES string of the molecule is CCOc1ccc(N(CCC#N)C(=O)CCn2cnc3c(C)cccc3c2=O)cc1. The molecule has 0 aliphatic carbocycles. The Hall–Kier alpha value is -3.66. The molecular weight excluding hydrogens is 380 g/mol. The van der Waals surface area contributed by atoms with Crippen molar-refractivity contribution in [2.24, 2.45) is 0 Å². The van der Waals surface area contributed by atoms with Crippen LogP contribution in [0.3, 0.4) is 0 Å². The second-order valence-electron chi connectivity index (χ2n) is 6.84. The first-order valence-electron chi connectivity index (χ1n) is 9.90. The van der Waals surface area contributed by atoms with Gasteiger partial charge in [-0.25, -0.2) is 4.98 Å². The highest BCUT2D eigenvalue weighted by molar-refractivity contribution is 5.93. The third-order valence-corrected chi connectivity index (χ3v) is 4.83. The zero-order valence-electron chi connectivity index (χ0n) is 17.2. The van der Waals surface area contributed by atoms with Crippen molar-refractivity contribution in [2.45, 2.75) is 33.2 Å². The van der Waals surface area contributed by atoms with Gasteiger partial charge < -0.3 is 9.64 Å². The monoisotopic (exact) mass is 404 g/mol. The molecule has 1 amide bonds. The lowest BCUT2D eigenvalue weighted by Crippen LogP contribution is -2.33. The summed E-state index contributed by atoms with van der Waals surface area (Å²) in [5.74, 6) is 0.559. The summed E-state index contributed by atoms with van der Waals surface area (Å²) in [7, 11) is 0. The highest BCUT2D eigenvalue weighted by Crippen LogP contribution is 2.21. The van der Waals surface area contributed by atoms with Crippen molar-refractivity contribution in [1.82, 2.24) is 9.55 Å². The van der Waals surface area contributed by atoms with Crippen molar-refractivity contribution in [3.8, 4) is 11.8 Å². The summed E-state index contributed by atoms with van der Waals surface area (Å²) in [5.41, 5.74) is 2.14. The van der Waals surface area contributed by atoms with E-state index in [2.05, 4.69) is 11.1 Å². The predicted molar refractivity (Wildman–Crippen MR) is 116 cm³/mol. The zero-order chi connectivity index (χ0) is 21.5. The molecule has 0 saturated heterocycles. The summed E-state index contributed by atoms with van der Waals surface area (Å²) in [5, 5.41) is 9.50. The number of nitrogens with zero attached hydrogens (tertiary/aromatic N) is 4. The molecule has 30 heavy (non-hydrogen) atoms. The summed E-state index contributed by atoms with van der Waals surface area (Å²) in [6.07, 6.45) is 1.83. The number of benzene rings is 2. The van der Waals surface area contributed by atoms with Gasteiger partial charge in [0.25, 0.3) is 5.56 Å². The van der Waals surface area contributed by atoms with Crippen LogP contribution in [0, 0.1) is 18.3 Å². The number of hydrogen-bond donors (Lipinski definition) is 0. The van der Waals surface area contributed by atoms with Crippen LogP contribution in [0.2, 0.25) is 0 Å². The number of amides is 1. The largest absolute Gasteiger partial charge is 0.494 e. The lowest BCUT2D eigenvalue weighted by atomic mass is 10.1. The maximum absolute atomic E-state index is 12.9. The Labute approximate surface area is 175 Å². The van der Waals surface area contributed by atoms with Crippen molar-refractivity contribution in [3.05, 3.63) is 64.7 Å². The van der Waals surface area contributed by atoms with Crippen LogP contribution in [0.15, 0.2) is 53.6 Å². The number of aromatic nitrogens is 2. The molecule has 0 fully saturated rings. The van der Waals surface area contributed by atoms with Crippen LogP contribution >= 0.6 is 0 Å². The van der Waals surface area contributed by atoms with Crippen molar-refractivity contribution in [3.63, 3.8) is 0 Å². The first-order valence-corrected chi connectivity index (χ1v) is 9.90. The van der Waals surface area contributed by atoms with Crippen LogP contribution in [0.1, 0.15) is 25.3 Å². The smallest absolute Gasteiger partial charge is 0.261 e. The maximum atomic E-state index is 12.9. The van der Waals surface area contributed by atoms with Gasteiger partial charge >= 0.3 is 0 Å². The normalized spacial score (nSPS) is 10.6. The van der Waals surface area contributed by atoms with Crippen LogP contribution in [-0.2, 0) is 11.3 Å². The molecule has 0 bridgehead atoms. The highest BCUT2D eigenvalue weighted by atomic mass is 16.5. The van der Waals surface area contributed by atoms with Gasteiger partial charge in [0.1, 0.15) is 5.75 Å². The standard InChI is InChI=1S/C23H24N4O3/c1-3-30-19-10-8-18(9-11-19)27(14-5-13-24)21(28)12-15-26-16-25-22-17(2)6-4-7-20(22)23(26)29/h4,6-11,16H,3,5,12,14-15H2,1-2H3. The van der Waals surface area contributed by atoms with E-state index < -0.39 is 0 Å². The zero-order valence-corrected chi connectivity index (χ0v) is 17.2. The summed E-state index contributed by atoms with van der Waals surface area (Å²) >= 11 is 0. The topological polar surface area (TPSA) is 88.2 Å². The highest BCUT2D eigenvalue weighted by Gasteiger charge is 2.16. The average Bonchev–Trinajstić information content (AvgIpc) is 2.75. The number of para-hydroxylation sites is 1. The number of anilines is 1. The van der Waals surface area contributed by atoms with E-state index in [4.69, 9.17) is 10.00 Å². The van der Waals surface area contributed by atoms with E-state index in [1.54, 1.807) is 35.2 Å². The number of hydrogen-bond acceptors (Lipinski definition) is 5. The molecule has 0 aliphatic rings. The van der Waals surface area contributed by atoms with Crippen LogP contribution in [0.4, 0.5) is 5.69 Å². The van der Waals surface area contributed by atoms with E-state index >= 15 is 0 Å². The van der Waals surface area contributed by atoms with E-state index in [1.807, 2.05) is 26.0 Å². The number of fused-ring (bicyclic) bond motifs is 1. The molecule has 0 N–H and O–H groups in total. The number of ether oxygens (including phenoxy) is 1. The molecule has 154 valence electrons. The Bertz CT molecular complexity index is 1130. The maximum Gasteiger partial charge on any atom is 0.261 e. The van der Waals surface area contributed by atoms with Crippen molar-refractivity contribution < 1.29 is 9.53 Å². The number of nitriles is 1. The van der Waals surface area contributed by atoms with Crippen LogP contribution in [0.5, 0.6) is 5.75 Å². The van der Waals surface area contributed by atoms with Gasteiger partial charge in [-0.1, -0.05) is 12.1 Å². The molecule has 0 unspecified atom stereocenters. The van der Waals surface area contributed by atoms with Crippen molar-refractivity contribution >= 4 is 22.5 Å². The third kappa shape index (κ3) is 4.66. The molecule has 0 aliphatic heterocycles. The molecule has 3 rings (SSSR count). The lowest BCUT2D eigenvalue weighted by Gasteiger charge is -2.22. The Morgan fingerprint density at radius 2 is 2.00 bits per heavy atom. The molecule has 0 saturated carbocycles. The van der Waals surface area contributed by atoms with Crippen LogP contribution in [-0.4, -0.2) is 28.6 Å². The Morgan fingerprint density at radius 1 is 1.23 bits per heavy atom. The lowest BCUT2D eigenvalue weighted by molar-refractivity contribution is -0.118. The second-order valence-corrected chi connectivity index (χ2v) is 6.84. The van der Waals surface area contributed by atoms with Gasteiger partial charge in [0.05, 0.1) is 36.3 Å². The van der Waals surface area contributed by atoms with E-state index in [0.29, 0.717) is 23.2 Å². The molecule has 1 aromatic heterocycles. The average molecular weight is 404 g/mol. The second kappa shape index (κ2) is 9.70. The molecule has 2 aromatic carbocycles. The summed E-state index contributed by atoms with van der Waals surface area (Å²) in [6, 6.07) is 14.7. The van der Waals surface area contributed by atoms with Gasteiger partial charge in [-0.2, -0.15) is 5.26 Å². The van der Waals surface area contributed by atoms with Crippen molar-refractivity contribution in [2.75, 3.05) is 18.1 Å². The van der Waals surface area contributed by atoms with E-state index in [1.165, 1.54) is 10.9 Å². The molecule has 0 atom stereocenters. The first-order chi connectivity index (χ1) is 14.5. The summed E-state index contributed by atoms with van der Waals surface area (Å²) in [6.45, 7) is 4.88. The first kappa shape index (κ1) is 21.1. The van der Waals surface area contributed by atoms with Gasteiger partial charge in [-0.3, -0.25) is 14.2 Å². The van der Waals surface area contributed by atoms with E-state index in [0.717, 1.165) is 11.3 Å². The Morgan fingerprint density at radius 3 is 2.70 bits per heavy atom. The van der Waals surface area contributed by atoms with Crippen LogP contribution < -0.4 is 15.2 Å². The molecule has 0 spiro atoms. The minimum absolute atomic E-state index is 0.123. The minimum Gasteiger partial charge on any atom is -0.494 e. The van der Waals surface area contributed by atoms with Crippen molar-refractivity contribution in [1.29, 1.82) is 5.26 Å². The van der Waals surface area contributed by atoms with Gasteiger partial charge in [0.2, 0.25) is 5.91 Å². The molecule has 7 heteroatoms. The Kier molecular flexibility index (Phi) is 6.81. The fraction of sp³-hybridized carbons (Fsp3) is 0.304. The van der Waals surface area contributed by atoms with Gasteiger partial charge in [-0.05, 0) is 49.7 Å². The fourth-order valence-corrected chi connectivity index (χ4v) is 3.30. The predicted octanol–water partition coefficient (Wildman–Crippen LogP) is 3.44. The molecule has 0 radical (unpaired) electrons. The van der Waals surface area contributed by atoms with Gasteiger partial charge in [0.15, 0.2) is 0 Å². The Balaban J connectivity index is 1.77. The summed E-state index contributed by atoms with van der Waals surface area (Å²) in [4.78, 5) is 31.6. The number of aryl methyl sites for hydroxylation is 2. The minimum atomic E-state index is -0.166. The molecule has 3 aromatic rings. The fourth-order valence-electron chi connectivity index (χ4n) is 3.30. The summed E-state index contributed by atoms with van der Waals surface area (Å²) < 4.78 is 6.90. The van der Waals surface area contributed by atoms with Gasteiger partial charge in [0, 0.05) is 25.2 Å².